The zero-order valence-electron chi connectivity index (χ0n) is 17.8. The van der Waals surface area contributed by atoms with Crippen LogP contribution >= 0.6 is 0 Å². The number of nitrogens with one attached hydrogen (secondary N) is 2. The van der Waals surface area contributed by atoms with Crippen molar-refractivity contribution in [1.82, 2.24) is 10.3 Å². The van der Waals surface area contributed by atoms with Gasteiger partial charge in [-0.05, 0) is 47.7 Å². The summed E-state index contributed by atoms with van der Waals surface area (Å²) in [6.45, 7) is 0.352. The van der Waals surface area contributed by atoms with Gasteiger partial charge in [-0.2, -0.15) is 0 Å². The lowest BCUT2D eigenvalue weighted by molar-refractivity contribution is 0.0285. The van der Waals surface area contributed by atoms with E-state index in [-0.39, 0.29) is 25.2 Å². The standard InChI is InChI=1S/C24H26FN3O4/c1-31-19-6-4-15(5-7-19)22(13-29)28-24(30)16-2-3-17-12-26-23(11-18(17)10-16)27-21-8-9-32-14-20(21)25/h2-7,10-12,20-22,29H,8-9,13-14H2,1H3,(H,26,27)(H,28,30). The van der Waals surface area contributed by atoms with E-state index < -0.39 is 12.2 Å². The summed E-state index contributed by atoms with van der Waals surface area (Å²) in [5.41, 5.74) is 1.23. The fourth-order valence-electron chi connectivity index (χ4n) is 3.73. The molecule has 3 atom stereocenters. The van der Waals surface area contributed by atoms with E-state index in [0.717, 1.165) is 16.3 Å². The molecule has 2 aromatic carbocycles. The number of alkyl halides is 1. The van der Waals surface area contributed by atoms with Crippen molar-refractivity contribution in [2.24, 2.45) is 0 Å². The Morgan fingerprint density at radius 3 is 2.78 bits per heavy atom. The molecule has 1 saturated heterocycles. The molecule has 8 heteroatoms. The number of methoxy groups -OCH3 is 1. The van der Waals surface area contributed by atoms with Crippen LogP contribution in [0.15, 0.2) is 54.7 Å². The minimum atomic E-state index is -1.09. The summed E-state index contributed by atoms with van der Waals surface area (Å²) in [5, 5.41) is 17.5. The summed E-state index contributed by atoms with van der Waals surface area (Å²) in [4.78, 5) is 17.2. The van der Waals surface area contributed by atoms with E-state index in [9.17, 15) is 14.3 Å². The number of aliphatic hydroxyl groups is 1. The van der Waals surface area contributed by atoms with Crippen molar-refractivity contribution < 1.29 is 23.8 Å². The number of carbonyl (C=O) groups excluding carboxylic acids is 1. The van der Waals surface area contributed by atoms with E-state index in [2.05, 4.69) is 15.6 Å². The summed E-state index contributed by atoms with van der Waals surface area (Å²) < 4.78 is 24.4. The lowest BCUT2D eigenvalue weighted by Crippen LogP contribution is -2.39. The molecule has 0 spiro atoms. The lowest BCUT2D eigenvalue weighted by atomic mass is 10.0. The summed E-state index contributed by atoms with van der Waals surface area (Å²) in [7, 11) is 1.58. The number of hydrogen-bond acceptors (Lipinski definition) is 6. The van der Waals surface area contributed by atoms with Gasteiger partial charge in [-0.25, -0.2) is 9.37 Å². The van der Waals surface area contributed by atoms with Crippen LogP contribution in [0.1, 0.15) is 28.4 Å². The molecule has 2 heterocycles. The van der Waals surface area contributed by atoms with E-state index in [1.165, 1.54) is 0 Å². The second-order valence-corrected chi connectivity index (χ2v) is 7.74. The number of amides is 1. The molecule has 3 N–H and O–H groups in total. The number of ether oxygens (including phenoxy) is 2. The average molecular weight is 439 g/mol. The first-order valence-corrected chi connectivity index (χ1v) is 10.5. The Balaban J connectivity index is 1.50. The Labute approximate surface area is 185 Å². The van der Waals surface area contributed by atoms with Gasteiger partial charge < -0.3 is 25.2 Å². The molecule has 1 aromatic heterocycles. The Hall–Kier alpha value is -3.23. The third-order valence-corrected chi connectivity index (χ3v) is 5.61. The molecule has 7 nitrogen and oxygen atoms in total. The van der Waals surface area contributed by atoms with Crippen LogP contribution in [0.3, 0.4) is 0 Å². The Bertz CT molecular complexity index is 1080. The average Bonchev–Trinajstić information content (AvgIpc) is 2.83. The maximum Gasteiger partial charge on any atom is 0.251 e. The highest BCUT2D eigenvalue weighted by atomic mass is 19.1. The number of halogens is 1. The summed E-state index contributed by atoms with van der Waals surface area (Å²) in [6, 6.07) is 13.4. The van der Waals surface area contributed by atoms with Crippen LogP contribution in [-0.2, 0) is 4.74 Å². The number of fused-ring (bicyclic) bond motifs is 1. The third kappa shape index (κ3) is 4.98. The molecule has 1 amide bonds. The highest BCUT2D eigenvalue weighted by Crippen LogP contribution is 2.23. The van der Waals surface area contributed by atoms with Crippen molar-refractivity contribution in [3.63, 3.8) is 0 Å². The molecule has 32 heavy (non-hydrogen) atoms. The molecular weight excluding hydrogens is 413 g/mol. The molecule has 0 saturated carbocycles. The Morgan fingerprint density at radius 2 is 2.06 bits per heavy atom. The number of aliphatic hydroxyl groups excluding tert-OH is 1. The highest BCUT2D eigenvalue weighted by molar-refractivity contribution is 5.99. The molecular formula is C24H26FN3O4. The fraction of sp³-hybridized carbons (Fsp3) is 0.333. The molecule has 1 fully saturated rings. The lowest BCUT2D eigenvalue weighted by Gasteiger charge is -2.27. The van der Waals surface area contributed by atoms with Crippen molar-refractivity contribution in [1.29, 1.82) is 0 Å². The van der Waals surface area contributed by atoms with Gasteiger partial charge in [0.1, 0.15) is 17.7 Å². The quantitative estimate of drug-likeness (QED) is 0.523. The zero-order chi connectivity index (χ0) is 22.5. The summed E-state index contributed by atoms with van der Waals surface area (Å²) in [6.07, 6.45) is 1.17. The number of pyridine rings is 1. The second kappa shape index (κ2) is 9.93. The number of aromatic nitrogens is 1. The minimum absolute atomic E-state index is 0.0792. The van der Waals surface area contributed by atoms with E-state index in [4.69, 9.17) is 9.47 Å². The van der Waals surface area contributed by atoms with Crippen molar-refractivity contribution in [3.05, 3.63) is 65.9 Å². The smallest absolute Gasteiger partial charge is 0.251 e. The van der Waals surface area contributed by atoms with Gasteiger partial charge in [-0.1, -0.05) is 18.2 Å². The first-order valence-electron chi connectivity index (χ1n) is 10.5. The van der Waals surface area contributed by atoms with E-state index in [1.54, 1.807) is 55.8 Å². The predicted molar refractivity (Wildman–Crippen MR) is 120 cm³/mol. The highest BCUT2D eigenvalue weighted by Gasteiger charge is 2.25. The molecule has 3 aromatic rings. The van der Waals surface area contributed by atoms with Crippen LogP contribution in [0.5, 0.6) is 5.75 Å². The van der Waals surface area contributed by atoms with Crippen LogP contribution in [-0.4, -0.2) is 55.1 Å². The second-order valence-electron chi connectivity index (χ2n) is 7.74. The van der Waals surface area contributed by atoms with Gasteiger partial charge >= 0.3 is 0 Å². The summed E-state index contributed by atoms with van der Waals surface area (Å²) >= 11 is 0. The van der Waals surface area contributed by atoms with Gasteiger partial charge in [-0.15, -0.1) is 0 Å². The number of carbonyl (C=O) groups is 1. The molecule has 0 aliphatic carbocycles. The van der Waals surface area contributed by atoms with Crippen LogP contribution in [0.4, 0.5) is 10.2 Å². The van der Waals surface area contributed by atoms with Gasteiger partial charge in [0.15, 0.2) is 0 Å². The van der Waals surface area contributed by atoms with E-state index in [0.29, 0.717) is 30.2 Å². The number of benzene rings is 2. The number of hydrogen-bond donors (Lipinski definition) is 3. The monoisotopic (exact) mass is 439 g/mol. The largest absolute Gasteiger partial charge is 0.497 e. The number of anilines is 1. The van der Waals surface area contributed by atoms with Crippen molar-refractivity contribution >= 4 is 22.5 Å². The number of nitrogens with zero attached hydrogens (tertiary/aromatic N) is 1. The zero-order valence-corrected chi connectivity index (χ0v) is 17.8. The van der Waals surface area contributed by atoms with Gasteiger partial charge in [0.2, 0.25) is 0 Å². The molecule has 168 valence electrons. The summed E-state index contributed by atoms with van der Waals surface area (Å²) in [5.74, 6) is 0.946. The minimum Gasteiger partial charge on any atom is -0.497 e. The first-order chi connectivity index (χ1) is 15.6. The van der Waals surface area contributed by atoms with Gasteiger partial charge in [0.05, 0.1) is 32.4 Å². The van der Waals surface area contributed by atoms with Crippen molar-refractivity contribution in [3.8, 4) is 5.75 Å². The topological polar surface area (TPSA) is 92.7 Å². The van der Waals surface area contributed by atoms with Gasteiger partial charge in [0, 0.05) is 23.8 Å². The van der Waals surface area contributed by atoms with Crippen LogP contribution in [0.25, 0.3) is 10.8 Å². The maximum atomic E-state index is 14.1. The van der Waals surface area contributed by atoms with E-state index in [1.807, 2.05) is 6.07 Å². The Morgan fingerprint density at radius 1 is 1.25 bits per heavy atom. The third-order valence-electron chi connectivity index (χ3n) is 5.61. The van der Waals surface area contributed by atoms with Crippen LogP contribution in [0, 0.1) is 0 Å². The number of rotatable bonds is 7. The molecule has 1 aliphatic rings. The van der Waals surface area contributed by atoms with Gasteiger partial charge in [-0.3, -0.25) is 4.79 Å². The molecule has 3 unspecified atom stereocenters. The maximum absolute atomic E-state index is 14.1. The SMILES string of the molecule is COc1ccc(C(CO)NC(=O)c2ccc3cnc(NC4CCOCC4F)cc3c2)cc1. The normalized spacial score (nSPS) is 19.3. The fourth-order valence-corrected chi connectivity index (χ4v) is 3.73. The van der Waals surface area contributed by atoms with E-state index >= 15 is 0 Å². The first kappa shape index (κ1) is 22.0. The van der Waals surface area contributed by atoms with Crippen molar-refractivity contribution in [2.75, 3.05) is 32.2 Å². The Kier molecular flexibility index (Phi) is 6.82. The predicted octanol–water partition coefficient (Wildman–Crippen LogP) is 3.25. The molecule has 0 radical (unpaired) electrons. The van der Waals surface area contributed by atoms with Gasteiger partial charge in [0.25, 0.3) is 5.91 Å². The van der Waals surface area contributed by atoms with Crippen molar-refractivity contribution in [2.45, 2.75) is 24.7 Å². The molecule has 1 aliphatic heterocycles. The van der Waals surface area contributed by atoms with Crippen LogP contribution < -0.4 is 15.4 Å². The van der Waals surface area contributed by atoms with Crippen LogP contribution in [0.2, 0.25) is 0 Å². The molecule has 0 bridgehead atoms. The molecule has 4 rings (SSSR count).